The minimum atomic E-state index is 0.587. The maximum Gasteiger partial charge on any atom is 0.0389 e. The molecule has 2 nitrogen and oxygen atoms in total. The van der Waals surface area contributed by atoms with Crippen LogP contribution in [0, 0.1) is 13.8 Å². The summed E-state index contributed by atoms with van der Waals surface area (Å²) in [4.78, 5) is 0. The van der Waals surface area contributed by atoms with Crippen LogP contribution < -0.4 is 11.1 Å². The maximum atomic E-state index is 5.57. The highest BCUT2D eigenvalue weighted by atomic mass is 14.9. The van der Waals surface area contributed by atoms with Gasteiger partial charge in [0.2, 0.25) is 0 Å². The molecule has 3 N–H and O–H groups in total. The number of hydrogen-bond acceptors (Lipinski definition) is 2. The van der Waals surface area contributed by atoms with Gasteiger partial charge in [0.05, 0.1) is 0 Å². The molecule has 0 aliphatic rings. The average Bonchev–Trinajstić information content (AvgIpc) is 2.28. The Bertz CT molecular complexity index is 481. The quantitative estimate of drug-likeness (QED) is 0.840. The lowest BCUT2D eigenvalue weighted by molar-refractivity contribution is 1.07. The number of aryl methyl sites for hydroxylation is 2. The van der Waals surface area contributed by atoms with Crippen LogP contribution in [0.4, 0.5) is 11.4 Å². The molecule has 0 aromatic heterocycles. The molecule has 2 aromatic rings. The van der Waals surface area contributed by atoms with Crippen LogP contribution in [0.3, 0.4) is 0 Å². The van der Waals surface area contributed by atoms with Crippen LogP contribution >= 0.6 is 0 Å². The van der Waals surface area contributed by atoms with Gasteiger partial charge in [-0.2, -0.15) is 0 Å². The second-order valence-electron chi connectivity index (χ2n) is 4.40. The van der Waals surface area contributed by atoms with Gasteiger partial charge in [0.1, 0.15) is 0 Å². The van der Waals surface area contributed by atoms with Crippen molar-refractivity contribution in [1.82, 2.24) is 0 Å². The van der Waals surface area contributed by atoms with Crippen molar-refractivity contribution in [3.8, 4) is 0 Å². The summed E-state index contributed by atoms with van der Waals surface area (Å²) in [6.07, 6.45) is 0. The van der Waals surface area contributed by atoms with Crippen LogP contribution in [-0.4, -0.2) is 0 Å². The van der Waals surface area contributed by atoms with E-state index in [1.165, 1.54) is 11.1 Å². The zero-order chi connectivity index (χ0) is 12.3. The van der Waals surface area contributed by atoms with Crippen LogP contribution in [0.2, 0.25) is 0 Å². The zero-order valence-corrected chi connectivity index (χ0v) is 10.3. The first-order valence-electron chi connectivity index (χ1n) is 5.82. The van der Waals surface area contributed by atoms with E-state index in [9.17, 15) is 0 Å². The van der Waals surface area contributed by atoms with Gasteiger partial charge in [-0.15, -0.1) is 0 Å². The number of rotatable bonds is 3. The minimum absolute atomic E-state index is 0.587. The van der Waals surface area contributed by atoms with E-state index in [1.807, 2.05) is 12.1 Å². The molecule has 0 bridgehead atoms. The van der Waals surface area contributed by atoms with Gasteiger partial charge in [-0.05, 0) is 54.8 Å². The fourth-order valence-electron chi connectivity index (χ4n) is 1.94. The highest BCUT2D eigenvalue weighted by Gasteiger charge is 1.97. The van der Waals surface area contributed by atoms with E-state index in [0.717, 1.165) is 16.9 Å². The van der Waals surface area contributed by atoms with E-state index >= 15 is 0 Å². The third kappa shape index (κ3) is 3.08. The lowest BCUT2D eigenvalue weighted by Crippen LogP contribution is -1.96. The fraction of sp³-hybridized carbons (Fsp3) is 0.200. The smallest absolute Gasteiger partial charge is 0.0389 e. The molecule has 0 aliphatic carbocycles. The van der Waals surface area contributed by atoms with Gasteiger partial charge < -0.3 is 11.1 Å². The number of hydrogen-bond donors (Lipinski definition) is 2. The third-order valence-electron chi connectivity index (χ3n) is 2.70. The normalized spacial score (nSPS) is 10.3. The van der Waals surface area contributed by atoms with Crippen molar-refractivity contribution < 1.29 is 0 Å². The molecule has 2 aromatic carbocycles. The standard InChI is InChI=1S/C15H18N2/c1-11-7-12(2)9-15(8-11)17-14-5-3-13(10-16)4-6-14/h3-9,17H,10,16H2,1-2H3. The highest BCUT2D eigenvalue weighted by molar-refractivity contribution is 5.61. The predicted molar refractivity (Wildman–Crippen MR) is 73.5 cm³/mol. The lowest BCUT2D eigenvalue weighted by atomic mass is 10.1. The molecule has 0 fully saturated rings. The highest BCUT2D eigenvalue weighted by Crippen LogP contribution is 2.19. The van der Waals surface area contributed by atoms with E-state index in [1.54, 1.807) is 0 Å². The molecule has 17 heavy (non-hydrogen) atoms. The molecule has 0 amide bonds. The van der Waals surface area contributed by atoms with Crippen LogP contribution in [0.15, 0.2) is 42.5 Å². The van der Waals surface area contributed by atoms with Crippen molar-refractivity contribution >= 4 is 11.4 Å². The van der Waals surface area contributed by atoms with Crippen LogP contribution in [0.5, 0.6) is 0 Å². The first kappa shape index (κ1) is 11.7. The molecular weight excluding hydrogens is 208 g/mol. The molecule has 0 saturated carbocycles. The molecular formula is C15H18N2. The van der Waals surface area contributed by atoms with E-state index in [0.29, 0.717) is 6.54 Å². The summed E-state index contributed by atoms with van der Waals surface area (Å²) in [5.74, 6) is 0. The number of anilines is 2. The molecule has 0 spiro atoms. The second kappa shape index (κ2) is 5.02. The first-order chi connectivity index (χ1) is 8.17. The van der Waals surface area contributed by atoms with Crippen molar-refractivity contribution in [3.05, 3.63) is 59.2 Å². The summed E-state index contributed by atoms with van der Waals surface area (Å²) in [7, 11) is 0. The van der Waals surface area contributed by atoms with Crippen molar-refractivity contribution in [2.75, 3.05) is 5.32 Å². The summed E-state index contributed by atoms with van der Waals surface area (Å²) in [5, 5.41) is 3.40. The summed E-state index contributed by atoms with van der Waals surface area (Å²) < 4.78 is 0. The molecule has 0 heterocycles. The van der Waals surface area contributed by atoms with Crippen LogP contribution in [0.1, 0.15) is 16.7 Å². The Morgan fingerprint density at radius 3 is 2.00 bits per heavy atom. The summed E-state index contributed by atoms with van der Waals surface area (Å²) in [6, 6.07) is 14.7. The van der Waals surface area contributed by atoms with Gasteiger partial charge in [-0.3, -0.25) is 0 Å². The molecule has 2 heteroatoms. The van der Waals surface area contributed by atoms with Gasteiger partial charge in [0, 0.05) is 17.9 Å². The topological polar surface area (TPSA) is 38.0 Å². The van der Waals surface area contributed by atoms with Crippen molar-refractivity contribution in [2.45, 2.75) is 20.4 Å². The summed E-state index contributed by atoms with van der Waals surface area (Å²) in [6.45, 7) is 4.80. The fourth-order valence-corrected chi connectivity index (χ4v) is 1.94. The van der Waals surface area contributed by atoms with Gasteiger partial charge in [0.15, 0.2) is 0 Å². The third-order valence-corrected chi connectivity index (χ3v) is 2.70. The monoisotopic (exact) mass is 226 g/mol. The Labute approximate surface area is 102 Å². The minimum Gasteiger partial charge on any atom is -0.356 e. The Hall–Kier alpha value is -1.80. The summed E-state index contributed by atoms with van der Waals surface area (Å²) >= 11 is 0. The predicted octanol–water partition coefficient (Wildman–Crippen LogP) is 3.51. The van der Waals surface area contributed by atoms with E-state index in [2.05, 4.69) is 49.5 Å². The largest absolute Gasteiger partial charge is 0.356 e. The number of nitrogens with one attached hydrogen (secondary N) is 1. The van der Waals surface area contributed by atoms with Crippen LogP contribution in [-0.2, 0) is 6.54 Å². The Morgan fingerprint density at radius 1 is 0.882 bits per heavy atom. The number of benzene rings is 2. The lowest BCUT2D eigenvalue weighted by Gasteiger charge is -2.09. The van der Waals surface area contributed by atoms with Gasteiger partial charge >= 0.3 is 0 Å². The van der Waals surface area contributed by atoms with Gasteiger partial charge in [-0.1, -0.05) is 18.2 Å². The molecule has 0 saturated heterocycles. The van der Waals surface area contributed by atoms with E-state index < -0.39 is 0 Å². The first-order valence-corrected chi connectivity index (χ1v) is 5.82. The van der Waals surface area contributed by atoms with Crippen molar-refractivity contribution in [1.29, 1.82) is 0 Å². The molecule has 88 valence electrons. The maximum absolute atomic E-state index is 5.57. The number of nitrogens with two attached hydrogens (primary N) is 1. The molecule has 0 aliphatic heterocycles. The van der Waals surface area contributed by atoms with Crippen molar-refractivity contribution in [2.24, 2.45) is 5.73 Å². The zero-order valence-electron chi connectivity index (χ0n) is 10.3. The van der Waals surface area contributed by atoms with Crippen molar-refractivity contribution in [3.63, 3.8) is 0 Å². The Morgan fingerprint density at radius 2 is 1.47 bits per heavy atom. The molecule has 2 rings (SSSR count). The van der Waals surface area contributed by atoms with Gasteiger partial charge in [-0.25, -0.2) is 0 Å². The molecule has 0 radical (unpaired) electrons. The van der Waals surface area contributed by atoms with Crippen LogP contribution in [0.25, 0.3) is 0 Å². The summed E-state index contributed by atoms with van der Waals surface area (Å²) in [5.41, 5.74) is 11.5. The SMILES string of the molecule is Cc1cc(C)cc(Nc2ccc(CN)cc2)c1. The second-order valence-corrected chi connectivity index (χ2v) is 4.40. The van der Waals surface area contributed by atoms with E-state index in [-0.39, 0.29) is 0 Å². The average molecular weight is 226 g/mol. The Balaban J connectivity index is 2.19. The Kier molecular flexibility index (Phi) is 3.45. The molecule has 0 unspecified atom stereocenters. The van der Waals surface area contributed by atoms with E-state index in [4.69, 9.17) is 5.73 Å². The molecule has 0 atom stereocenters. The van der Waals surface area contributed by atoms with Gasteiger partial charge in [0.25, 0.3) is 0 Å².